The highest BCUT2D eigenvalue weighted by atomic mass is 16.5. The minimum atomic E-state index is -0.260. The summed E-state index contributed by atoms with van der Waals surface area (Å²) in [6.07, 6.45) is 3.38. The molecule has 0 fully saturated rings. The summed E-state index contributed by atoms with van der Waals surface area (Å²) in [7, 11) is 1.36. The number of nitrogens with one attached hydrogen (secondary N) is 1. The minimum absolute atomic E-state index is 0.260. The first-order valence-electron chi connectivity index (χ1n) is 3.87. The number of aromatic nitrogens is 2. The summed E-state index contributed by atoms with van der Waals surface area (Å²) < 4.78 is 4.44. The molecule has 0 aromatic carbocycles. The second kappa shape index (κ2) is 6.39. The van der Waals surface area contributed by atoms with Crippen molar-refractivity contribution in [2.75, 3.05) is 7.11 Å². The lowest BCUT2D eigenvalue weighted by Crippen LogP contribution is -2.04. The van der Waals surface area contributed by atoms with Crippen LogP contribution in [0.5, 0.6) is 0 Å². The summed E-state index contributed by atoms with van der Waals surface area (Å²) in [6, 6.07) is 0. The Kier molecular flexibility index (Phi) is 5.69. The molecular weight excluding hydrogens is 156 g/mol. The Morgan fingerprint density at radius 3 is 2.75 bits per heavy atom. The van der Waals surface area contributed by atoms with Gasteiger partial charge in [-0.25, -0.2) is 4.98 Å². The molecule has 1 heterocycles. The molecular formula is C8H14N2O2. The zero-order valence-corrected chi connectivity index (χ0v) is 7.63. The van der Waals surface area contributed by atoms with Crippen LogP contribution >= 0.6 is 0 Å². The highest BCUT2D eigenvalue weighted by Crippen LogP contribution is 1.92. The van der Waals surface area contributed by atoms with Crippen molar-refractivity contribution in [1.29, 1.82) is 0 Å². The van der Waals surface area contributed by atoms with Gasteiger partial charge in [0.2, 0.25) is 0 Å². The molecule has 12 heavy (non-hydrogen) atoms. The standard InChI is InChI=1S/C6H8N2O2.C2H6/c1-10-6(9)2-5-3-7-4-8-5;1-2/h3-4H,2H2,1H3,(H,7,8);1-2H3. The number of rotatable bonds is 2. The van der Waals surface area contributed by atoms with Crippen molar-refractivity contribution in [1.82, 2.24) is 9.97 Å². The molecule has 0 atom stereocenters. The van der Waals surface area contributed by atoms with Crippen molar-refractivity contribution >= 4 is 5.97 Å². The van der Waals surface area contributed by atoms with E-state index in [-0.39, 0.29) is 12.4 Å². The lowest BCUT2D eigenvalue weighted by Gasteiger charge is -1.93. The molecule has 0 aliphatic carbocycles. The van der Waals surface area contributed by atoms with Crippen molar-refractivity contribution in [2.45, 2.75) is 20.3 Å². The molecule has 0 saturated heterocycles. The van der Waals surface area contributed by atoms with Crippen LogP contribution in [0.3, 0.4) is 0 Å². The smallest absolute Gasteiger partial charge is 0.311 e. The summed E-state index contributed by atoms with van der Waals surface area (Å²) in [5, 5.41) is 0. The van der Waals surface area contributed by atoms with E-state index in [1.807, 2.05) is 13.8 Å². The molecule has 4 nitrogen and oxygen atoms in total. The summed E-state index contributed by atoms with van der Waals surface area (Å²) >= 11 is 0. The van der Waals surface area contributed by atoms with Crippen LogP contribution in [0.4, 0.5) is 0 Å². The molecule has 0 amide bonds. The van der Waals surface area contributed by atoms with E-state index < -0.39 is 0 Å². The Labute approximate surface area is 72.0 Å². The number of ether oxygens (including phenoxy) is 1. The van der Waals surface area contributed by atoms with Gasteiger partial charge in [0.1, 0.15) is 0 Å². The fourth-order valence-corrected chi connectivity index (χ4v) is 0.609. The van der Waals surface area contributed by atoms with Crippen LogP contribution in [-0.2, 0) is 16.0 Å². The molecule has 0 spiro atoms. The van der Waals surface area contributed by atoms with Gasteiger partial charge in [-0.2, -0.15) is 0 Å². The second-order valence-corrected chi connectivity index (χ2v) is 1.83. The number of imidazole rings is 1. The predicted molar refractivity (Wildman–Crippen MR) is 45.7 cm³/mol. The van der Waals surface area contributed by atoms with Gasteiger partial charge in [-0.15, -0.1) is 0 Å². The Bertz CT molecular complexity index is 207. The number of aromatic amines is 1. The summed E-state index contributed by atoms with van der Waals surface area (Å²) in [5.41, 5.74) is 0.770. The zero-order valence-electron chi connectivity index (χ0n) is 7.63. The van der Waals surface area contributed by atoms with Crippen molar-refractivity contribution in [2.24, 2.45) is 0 Å². The Hall–Kier alpha value is -1.32. The third kappa shape index (κ3) is 3.75. The quantitative estimate of drug-likeness (QED) is 0.677. The van der Waals surface area contributed by atoms with Gasteiger partial charge in [0.05, 0.1) is 19.9 Å². The van der Waals surface area contributed by atoms with Gasteiger partial charge in [-0.3, -0.25) is 4.79 Å². The molecule has 68 valence electrons. The third-order valence-electron chi connectivity index (χ3n) is 1.12. The SMILES string of the molecule is CC.COC(=O)Cc1cnc[nH]1. The van der Waals surface area contributed by atoms with Crippen LogP contribution in [0.2, 0.25) is 0 Å². The fraction of sp³-hybridized carbons (Fsp3) is 0.500. The number of esters is 1. The van der Waals surface area contributed by atoms with E-state index in [9.17, 15) is 4.79 Å². The summed E-state index contributed by atoms with van der Waals surface area (Å²) in [4.78, 5) is 17.1. The van der Waals surface area contributed by atoms with E-state index in [2.05, 4.69) is 14.7 Å². The maximum Gasteiger partial charge on any atom is 0.311 e. The number of nitrogens with zero attached hydrogens (tertiary/aromatic N) is 1. The van der Waals surface area contributed by atoms with E-state index >= 15 is 0 Å². The Balaban J connectivity index is 0.000000561. The molecule has 1 aromatic heterocycles. The molecule has 0 saturated carbocycles. The predicted octanol–water partition coefficient (Wildman–Crippen LogP) is 1.15. The van der Waals surface area contributed by atoms with E-state index in [0.29, 0.717) is 0 Å². The monoisotopic (exact) mass is 170 g/mol. The van der Waals surface area contributed by atoms with Crippen molar-refractivity contribution < 1.29 is 9.53 Å². The molecule has 0 bridgehead atoms. The zero-order chi connectivity index (χ0) is 9.40. The maximum atomic E-state index is 10.6. The van der Waals surface area contributed by atoms with Crippen LogP contribution in [0, 0.1) is 0 Å². The number of methoxy groups -OCH3 is 1. The maximum absolute atomic E-state index is 10.6. The van der Waals surface area contributed by atoms with E-state index in [1.54, 1.807) is 6.20 Å². The normalized spacial score (nSPS) is 8.25. The van der Waals surface area contributed by atoms with E-state index in [4.69, 9.17) is 0 Å². The lowest BCUT2D eigenvalue weighted by molar-refractivity contribution is -0.139. The number of hydrogen-bond acceptors (Lipinski definition) is 3. The number of carbonyl (C=O) groups excluding carboxylic acids is 1. The Morgan fingerprint density at radius 1 is 1.67 bits per heavy atom. The van der Waals surface area contributed by atoms with Crippen LogP contribution in [0.25, 0.3) is 0 Å². The van der Waals surface area contributed by atoms with Gasteiger partial charge >= 0.3 is 5.97 Å². The lowest BCUT2D eigenvalue weighted by atomic mass is 10.3. The van der Waals surface area contributed by atoms with Crippen LogP contribution < -0.4 is 0 Å². The van der Waals surface area contributed by atoms with Crippen LogP contribution in [-0.4, -0.2) is 23.0 Å². The van der Waals surface area contributed by atoms with E-state index in [1.165, 1.54) is 13.4 Å². The molecule has 0 radical (unpaired) electrons. The molecule has 0 aliphatic rings. The van der Waals surface area contributed by atoms with Gasteiger partial charge in [0.25, 0.3) is 0 Å². The molecule has 1 rings (SSSR count). The molecule has 0 aliphatic heterocycles. The van der Waals surface area contributed by atoms with E-state index in [0.717, 1.165) is 5.69 Å². The van der Waals surface area contributed by atoms with Crippen molar-refractivity contribution in [3.8, 4) is 0 Å². The molecule has 4 heteroatoms. The van der Waals surface area contributed by atoms with Crippen LogP contribution in [0.1, 0.15) is 19.5 Å². The van der Waals surface area contributed by atoms with Crippen LogP contribution in [0.15, 0.2) is 12.5 Å². The summed E-state index contributed by atoms with van der Waals surface area (Å²) in [6.45, 7) is 4.00. The molecule has 1 aromatic rings. The largest absolute Gasteiger partial charge is 0.469 e. The average Bonchev–Trinajstić information content (AvgIpc) is 2.60. The second-order valence-electron chi connectivity index (χ2n) is 1.83. The fourth-order valence-electron chi connectivity index (χ4n) is 0.609. The number of carbonyl (C=O) groups is 1. The first-order valence-corrected chi connectivity index (χ1v) is 3.87. The topological polar surface area (TPSA) is 55.0 Å². The van der Waals surface area contributed by atoms with Gasteiger partial charge in [0, 0.05) is 11.9 Å². The first-order chi connectivity index (χ1) is 5.83. The van der Waals surface area contributed by atoms with Crippen molar-refractivity contribution in [3.05, 3.63) is 18.2 Å². The highest BCUT2D eigenvalue weighted by molar-refractivity contribution is 5.71. The van der Waals surface area contributed by atoms with Gasteiger partial charge < -0.3 is 9.72 Å². The van der Waals surface area contributed by atoms with Crippen molar-refractivity contribution in [3.63, 3.8) is 0 Å². The average molecular weight is 170 g/mol. The number of hydrogen-bond donors (Lipinski definition) is 1. The first kappa shape index (κ1) is 10.7. The van der Waals surface area contributed by atoms with Gasteiger partial charge in [-0.1, -0.05) is 13.8 Å². The minimum Gasteiger partial charge on any atom is -0.469 e. The highest BCUT2D eigenvalue weighted by Gasteiger charge is 2.01. The van der Waals surface area contributed by atoms with Gasteiger partial charge in [-0.05, 0) is 0 Å². The Morgan fingerprint density at radius 2 is 2.33 bits per heavy atom. The molecule has 0 unspecified atom stereocenters. The van der Waals surface area contributed by atoms with Gasteiger partial charge in [0.15, 0.2) is 0 Å². The number of H-pyrrole nitrogens is 1. The summed E-state index contributed by atoms with van der Waals surface area (Å²) in [5.74, 6) is -0.260. The molecule has 1 N–H and O–H groups in total. The third-order valence-corrected chi connectivity index (χ3v) is 1.12.